The normalized spacial score (nSPS) is 12.7. The molecule has 1 atom stereocenters. The van der Waals surface area contributed by atoms with Crippen molar-refractivity contribution in [3.8, 4) is 16.9 Å². The minimum absolute atomic E-state index is 0.0495. The first kappa shape index (κ1) is 20.2. The Labute approximate surface area is 157 Å². The standard InChI is InChI=1S/C21H26O4S/c1-14-6-8-17(16(10-14)13-26(24)21(2,3)4)18-11-15(12-20(22)23)7-9-19(18)25-5/h6-11H,12-13H2,1-5H3,(H,22,23). The lowest BCUT2D eigenvalue weighted by atomic mass is 9.95. The van der Waals surface area contributed by atoms with Crippen LogP contribution in [-0.4, -0.2) is 27.1 Å². The maximum Gasteiger partial charge on any atom is 0.307 e. The Bertz CT molecular complexity index is 834. The molecule has 1 unspecified atom stereocenters. The highest BCUT2D eigenvalue weighted by Gasteiger charge is 2.22. The number of hydrogen-bond donors (Lipinski definition) is 1. The van der Waals surface area contributed by atoms with Crippen molar-refractivity contribution in [2.24, 2.45) is 0 Å². The highest BCUT2D eigenvalue weighted by Crippen LogP contribution is 2.35. The Kier molecular flexibility index (Phi) is 6.24. The predicted octanol–water partition coefficient (Wildman–Crippen LogP) is 4.34. The van der Waals surface area contributed by atoms with Gasteiger partial charge in [-0.3, -0.25) is 9.00 Å². The third kappa shape index (κ3) is 4.94. The molecule has 4 nitrogen and oxygen atoms in total. The summed E-state index contributed by atoms with van der Waals surface area (Å²) in [6.07, 6.45) is -0.0495. The summed E-state index contributed by atoms with van der Waals surface area (Å²) in [6.45, 7) is 7.90. The minimum Gasteiger partial charge on any atom is -0.496 e. The van der Waals surface area contributed by atoms with Crippen LogP contribution in [0.25, 0.3) is 11.1 Å². The molecule has 0 spiro atoms. The molecule has 140 valence electrons. The summed E-state index contributed by atoms with van der Waals surface area (Å²) in [4.78, 5) is 11.1. The third-order valence-corrected chi connectivity index (χ3v) is 6.08. The molecule has 0 saturated carbocycles. The van der Waals surface area contributed by atoms with Crippen LogP contribution in [0.3, 0.4) is 0 Å². The second-order valence-corrected chi connectivity index (χ2v) is 9.57. The van der Waals surface area contributed by atoms with Crippen molar-refractivity contribution in [2.45, 2.75) is 44.6 Å². The van der Waals surface area contributed by atoms with Crippen LogP contribution in [0.5, 0.6) is 5.75 Å². The fraction of sp³-hybridized carbons (Fsp3) is 0.381. The lowest BCUT2D eigenvalue weighted by Gasteiger charge is -2.20. The molecule has 0 fully saturated rings. The Balaban J connectivity index is 2.57. The van der Waals surface area contributed by atoms with Gasteiger partial charge >= 0.3 is 5.97 Å². The van der Waals surface area contributed by atoms with Gasteiger partial charge in [0, 0.05) is 26.9 Å². The molecule has 0 aromatic heterocycles. The molecular formula is C21H26O4S. The van der Waals surface area contributed by atoms with E-state index in [-0.39, 0.29) is 11.2 Å². The highest BCUT2D eigenvalue weighted by molar-refractivity contribution is 7.85. The van der Waals surface area contributed by atoms with Crippen LogP contribution in [0.15, 0.2) is 36.4 Å². The second-order valence-electron chi connectivity index (χ2n) is 7.37. The van der Waals surface area contributed by atoms with Gasteiger partial charge < -0.3 is 9.84 Å². The van der Waals surface area contributed by atoms with E-state index in [1.54, 1.807) is 19.2 Å². The molecule has 0 saturated heterocycles. The van der Waals surface area contributed by atoms with Crippen LogP contribution in [0.2, 0.25) is 0 Å². The first-order valence-electron chi connectivity index (χ1n) is 8.49. The fourth-order valence-electron chi connectivity index (χ4n) is 2.71. The average molecular weight is 375 g/mol. The SMILES string of the molecule is COc1ccc(CC(=O)O)cc1-c1ccc(C)cc1CS(=O)C(C)(C)C. The smallest absolute Gasteiger partial charge is 0.307 e. The monoisotopic (exact) mass is 374 g/mol. The van der Waals surface area contributed by atoms with Crippen LogP contribution in [0.4, 0.5) is 0 Å². The number of carboxylic acids is 1. The number of rotatable bonds is 6. The minimum atomic E-state index is -1.04. The summed E-state index contributed by atoms with van der Waals surface area (Å²) in [6, 6.07) is 11.4. The van der Waals surface area contributed by atoms with Crippen LogP contribution in [0, 0.1) is 6.92 Å². The number of carboxylic acid groups (broad SMARTS) is 1. The Morgan fingerprint density at radius 1 is 1.12 bits per heavy atom. The first-order chi connectivity index (χ1) is 12.1. The van der Waals surface area contributed by atoms with Crippen LogP contribution >= 0.6 is 0 Å². The molecule has 0 aliphatic heterocycles. The molecule has 0 aliphatic carbocycles. The second kappa shape index (κ2) is 8.04. The number of carbonyl (C=O) groups is 1. The van der Waals surface area contributed by atoms with Crippen molar-refractivity contribution in [1.29, 1.82) is 0 Å². The molecule has 2 aromatic carbocycles. The Morgan fingerprint density at radius 2 is 1.81 bits per heavy atom. The number of hydrogen-bond acceptors (Lipinski definition) is 3. The molecule has 2 aromatic rings. The van der Waals surface area contributed by atoms with Crippen LogP contribution in [0.1, 0.15) is 37.5 Å². The highest BCUT2D eigenvalue weighted by atomic mass is 32.2. The third-order valence-electron chi connectivity index (χ3n) is 4.14. The van der Waals surface area contributed by atoms with Crippen molar-refractivity contribution >= 4 is 16.8 Å². The van der Waals surface area contributed by atoms with Crippen molar-refractivity contribution in [1.82, 2.24) is 0 Å². The van der Waals surface area contributed by atoms with Gasteiger partial charge in [0.1, 0.15) is 5.75 Å². The first-order valence-corrected chi connectivity index (χ1v) is 9.81. The van der Waals surface area contributed by atoms with E-state index in [4.69, 9.17) is 9.84 Å². The van der Waals surface area contributed by atoms with Crippen molar-refractivity contribution < 1.29 is 18.8 Å². The molecular weight excluding hydrogens is 348 g/mol. The van der Waals surface area contributed by atoms with Gasteiger partial charge in [-0.25, -0.2) is 0 Å². The van der Waals surface area contributed by atoms with E-state index in [2.05, 4.69) is 0 Å². The summed E-state index contributed by atoms with van der Waals surface area (Å²) in [5.41, 5.74) is 4.53. The molecule has 0 radical (unpaired) electrons. The quantitative estimate of drug-likeness (QED) is 0.817. The molecule has 2 rings (SSSR count). The average Bonchev–Trinajstić information content (AvgIpc) is 2.53. The predicted molar refractivity (Wildman–Crippen MR) is 106 cm³/mol. The number of aryl methyl sites for hydroxylation is 1. The zero-order valence-corrected chi connectivity index (χ0v) is 16.8. The van der Waals surface area contributed by atoms with E-state index in [1.807, 2.05) is 52.0 Å². The molecule has 0 heterocycles. The van der Waals surface area contributed by atoms with Crippen molar-refractivity contribution in [3.05, 3.63) is 53.1 Å². The topological polar surface area (TPSA) is 63.6 Å². The zero-order chi connectivity index (χ0) is 19.5. The van der Waals surface area contributed by atoms with Gasteiger partial charge in [-0.1, -0.05) is 29.8 Å². The maximum absolute atomic E-state index is 12.7. The number of ether oxygens (including phenoxy) is 1. The summed E-state index contributed by atoms with van der Waals surface area (Å²) >= 11 is 0. The molecule has 5 heteroatoms. The molecule has 26 heavy (non-hydrogen) atoms. The van der Waals surface area contributed by atoms with Gasteiger partial charge in [0.2, 0.25) is 0 Å². The zero-order valence-electron chi connectivity index (χ0n) is 16.0. The molecule has 1 N–H and O–H groups in total. The van der Waals surface area contributed by atoms with E-state index in [9.17, 15) is 9.00 Å². The summed E-state index contributed by atoms with van der Waals surface area (Å²) < 4.78 is 17.9. The van der Waals surface area contributed by atoms with Gasteiger partial charge in [0.05, 0.1) is 13.5 Å². The Morgan fingerprint density at radius 3 is 2.38 bits per heavy atom. The van der Waals surface area contributed by atoms with Crippen LogP contribution < -0.4 is 4.74 Å². The number of benzene rings is 2. The van der Waals surface area contributed by atoms with E-state index in [0.29, 0.717) is 17.1 Å². The van der Waals surface area contributed by atoms with Gasteiger partial charge in [-0.15, -0.1) is 0 Å². The molecule has 0 aliphatic rings. The van der Waals surface area contributed by atoms with Gasteiger partial charge in [-0.05, 0) is 56.5 Å². The fourth-order valence-corrected chi connectivity index (χ4v) is 3.67. The Hall–Kier alpha value is -2.14. The van der Waals surface area contributed by atoms with Crippen molar-refractivity contribution in [2.75, 3.05) is 7.11 Å². The van der Waals surface area contributed by atoms with Gasteiger partial charge in [0.15, 0.2) is 0 Å². The molecule has 0 bridgehead atoms. The van der Waals surface area contributed by atoms with E-state index in [0.717, 1.165) is 22.3 Å². The van der Waals surface area contributed by atoms with Gasteiger partial charge in [-0.2, -0.15) is 0 Å². The van der Waals surface area contributed by atoms with Crippen molar-refractivity contribution in [3.63, 3.8) is 0 Å². The van der Waals surface area contributed by atoms with E-state index in [1.165, 1.54) is 0 Å². The summed E-state index contributed by atoms with van der Waals surface area (Å²) in [5, 5.41) is 9.08. The largest absolute Gasteiger partial charge is 0.496 e. The number of aliphatic carboxylic acids is 1. The van der Waals surface area contributed by atoms with E-state index >= 15 is 0 Å². The lowest BCUT2D eigenvalue weighted by molar-refractivity contribution is -0.136. The maximum atomic E-state index is 12.7. The summed E-state index contributed by atoms with van der Waals surface area (Å²) in [7, 11) is 0.556. The summed E-state index contributed by atoms with van der Waals surface area (Å²) in [5.74, 6) is 0.233. The lowest BCUT2D eigenvalue weighted by Crippen LogP contribution is -2.23. The van der Waals surface area contributed by atoms with E-state index < -0.39 is 16.8 Å². The van der Waals surface area contributed by atoms with Gasteiger partial charge in [0.25, 0.3) is 0 Å². The van der Waals surface area contributed by atoms with Crippen LogP contribution in [-0.2, 0) is 27.8 Å². The molecule has 0 amide bonds. The number of methoxy groups -OCH3 is 1.